The standard InChI is InChI=1S/C21H20O2/c22-21(16-4-2-1-3-5-16)17-8-10-20(11-9-17)23-14-19-13-15-6-7-18(19)12-15/h1-11,15,18-19H,12-14H2. The summed E-state index contributed by atoms with van der Waals surface area (Å²) in [6, 6.07) is 16.9. The molecule has 0 aromatic heterocycles. The van der Waals surface area contributed by atoms with E-state index in [1.54, 1.807) is 0 Å². The van der Waals surface area contributed by atoms with Crippen LogP contribution in [0.25, 0.3) is 0 Å². The number of hydrogen-bond donors (Lipinski definition) is 0. The molecule has 2 nitrogen and oxygen atoms in total. The zero-order valence-electron chi connectivity index (χ0n) is 13.0. The average Bonchev–Trinajstić information content (AvgIpc) is 3.24. The van der Waals surface area contributed by atoms with Gasteiger partial charge in [-0.1, -0.05) is 42.5 Å². The molecule has 1 saturated carbocycles. The van der Waals surface area contributed by atoms with Gasteiger partial charge in [0.15, 0.2) is 5.78 Å². The zero-order chi connectivity index (χ0) is 15.6. The number of hydrogen-bond acceptors (Lipinski definition) is 2. The number of fused-ring (bicyclic) bond motifs is 2. The van der Waals surface area contributed by atoms with Crippen LogP contribution in [0.15, 0.2) is 66.7 Å². The zero-order valence-corrected chi connectivity index (χ0v) is 13.0. The molecule has 0 saturated heterocycles. The Morgan fingerprint density at radius 3 is 2.30 bits per heavy atom. The van der Waals surface area contributed by atoms with E-state index in [0.29, 0.717) is 17.4 Å². The number of rotatable bonds is 5. The summed E-state index contributed by atoms with van der Waals surface area (Å²) in [4.78, 5) is 12.4. The smallest absolute Gasteiger partial charge is 0.193 e. The SMILES string of the molecule is O=C(c1ccccc1)c1ccc(OCC2CC3C=CC2C3)cc1. The van der Waals surface area contributed by atoms with Crippen molar-refractivity contribution in [3.05, 3.63) is 77.9 Å². The lowest BCUT2D eigenvalue weighted by atomic mass is 9.95. The summed E-state index contributed by atoms with van der Waals surface area (Å²) in [6.45, 7) is 0.775. The Bertz CT molecular complexity index is 715. The van der Waals surface area contributed by atoms with Crippen molar-refractivity contribution in [3.8, 4) is 5.75 Å². The van der Waals surface area contributed by atoms with Crippen LogP contribution >= 0.6 is 0 Å². The maximum atomic E-state index is 12.4. The molecule has 0 N–H and O–H groups in total. The minimum atomic E-state index is 0.0513. The van der Waals surface area contributed by atoms with Gasteiger partial charge in [0, 0.05) is 11.1 Å². The van der Waals surface area contributed by atoms with E-state index in [1.165, 1.54) is 12.8 Å². The molecule has 4 rings (SSSR count). The first kappa shape index (κ1) is 14.3. The van der Waals surface area contributed by atoms with Crippen LogP contribution in [0.1, 0.15) is 28.8 Å². The topological polar surface area (TPSA) is 26.3 Å². The maximum absolute atomic E-state index is 12.4. The number of benzene rings is 2. The Balaban J connectivity index is 1.38. The fourth-order valence-electron chi connectivity index (χ4n) is 3.75. The summed E-state index contributed by atoms with van der Waals surface area (Å²) in [7, 11) is 0. The van der Waals surface area contributed by atoms with Crippen LogP contribution in [0.5, 0.6) is 5.75 Å². The van der Waals surface area contributed by atoms with Crippen molar-refractivity contribution in [2.45, 2.75) is 12.8 Å². The predicted octanol–water partition coefficient (Wildman–Crippen LogP) is 4.51. The van der Waals surface area contributed by atoms with Crippen molar-refractivity contribution >= 4 is 5.78 Å². The molecule has 2 aromatic carbocycles. The van der Waals surface area contributed by atoms with Gasteiger partial charge in [-0.15, -0.1) is 0 Å². The third-order valence-electron chi connectivity index (χ3n) is 5.03. The van der Waals surface area contributed by atoms with E-state index >= 15 is 0 Å². The van der Waals surface area contributed by atoms with E-state index in [0.717, 1.165) is 23.8 Å². The molecule has 0 amide bonds. The summed E-state index contributed by atoms with van der Waals surface area (Å²) in [5, 5.41) is 0. The Morgan fingerprint density at radius 1 is 0.913 bits per heavy atom. The van der Waals surface area contributed by atoms with Gasteiger partial charge in [-0.3, -0.25) is 4.79 Å². The van der Waals surface area contributed by atoms with Crippen LogP contribution < -0.4 is 4.74 Å². The van der Waals surface area contributed by atoms with Crippen LogP contribution in [0.4, 0.5) is 0 Å². The molecule has 1 fully saturated rings. The molecular weight excluding hydrogens is 284 g/mol. The van der Waals surface area contributed by atoms with E-state index in [1.807, 2.05) is 54.6 Å². The number of allylic oxidation sites excluding steroid dienone is 2. The second kappa shape index (κ2) is 6.04. The van der Waals surface area contributed by atoms with Gasteiger partial charge in [0.1, 0.15) is 5.75 Å². The molecule has 116 valence electrons. The molecule has 2 bridgehead atoms. The average molecular weight is 304 g/mol. The third kappa shape index (κ3) is 2.94. The Hall–Kier alpha value is -2.35. The van der Waals surface area contributed by atoms with Gasteiger partial charge in [0.2, 0.25) is 0 Å². The minimum Gasteiger partial charge on any atom is -0.493 e. The van der Waals surface area contributed by atoms with Crippen molar-refractivity contribution in [1.82, 2.24) is 0 Å². The molecule has 0 heterocycles. The highest BCUT2D eigenvalue weighted by Crippen LogP contribution is 2.43. The summed E-state index contributed by atoms with van der Waals surface area (Å²) in [5.41, 5.74) is 1.42. The lowest BCUT2D eigenvalue weighted by molar-refractivity contribution is 0.103. The first-order valence-corrected chi connectivity index (χ1v) is 8.30. The molecule has 2 heteroatoms. The molecule has 3 atom stereocenters. The largest absolute Gasteiger partial charge is 0.493 e. The van der Waals surface area contributed by atoms with Crippen LogP contribution in [0.2, 0.25) is 0 Å². The van der Waals surface area contributed by atoms with Gasteiger partial charge in [0.25, 0.3) is 0 Å². The van der Waals surface area contributed by atoms with E-state index < -0.39 is 0 Å². The molecule has 3 unspecified atom stereocenters. The molecule has 2 aliphatic carbocycles. The Labute approximate surface area is 136 Å². The normalized spacial score (nSPS) is 24.8. The molecule has 23 heavy (non-hydrogen) atoms. The highest BCUT2D eigenvalue weighted by atomic mass is 16.5. The lowest BCUT2D eigenvalue weighted by Crippen LogP contribution is -2.16. The van der Waals surface area contributed by atoms with Crippen molar-refractivity contribution in [2.24, 2.45) is 17.8 Å². The van der Waals surface area contributed by atoms with Crippen molar-refractivity contribution in [1.29, 1.82) is 0 Å². The highest BCUT2D eigenvalue weighted by molar-refractivity contribution is 6.08. The van der Waals surface area contributed by atoms with Crippen LogP contribution in [0, 0.1) is 17.8 Å². The van der Waals surface area contributed by atoms with Crippen molar-refractivity contribution < 1.29 is 9.53 Å². The first-order valence-electron chi connectivity index (χ1n) is 8.30. The quantitative estimate of drug-likeness (QED) is 0.600. The number of carbonyl (C=O) groups excluding carboxylic acids is 1. The second-order valence-electron chi connectivity index (χ2n) is 6.57. The van der Waals surface area contributed by atoms with Gasteiger partial charge in [-0.05, 0) is 54.9 Å². The second-order valence-corrected chi connectivity index (χ2v) is 6.57. The highest BCUT2D eigenvalue weighted by Gasteiger charge is 2.35. The minimum absolute atomic E-state index is 0.0513. The van der Waals surface area contributed by atoms with Gasteiger partial charge < -0.3 is 4.74 Å². The summed E-state index contributed by atoms with van der Waals surface area (Å²) < 4.78 is 5.94. The first-order chi connectivity index (χ1) is 11.3. The monoisotopic (exact) mass is 304 g/mol. The van der Waals surface area contributed by atoms with Crippen LogP contribution in [0.3, 0.4) is 0 Å². The molecule has 0 radical (unpaired) electrons. The summed E-state index contributed by atoms with van der Waals surface area (Å²) >= 11 is 0. The van der Waals surface area contributed by atoms with Crippen LogP contribution in [-0.2, 0) is 0 Å². The molecule has 0 aliphatic heterocycles. The summed E-state index contributed by atoms with van der Waals surface area (Å²) in [5.74, 6) is 3.03. The van der Waals surface area contributed by atoms with Crippen LogP contribution in [-0.4, -0.2) is 12.4 Å². The fraction of sp³-hybridized carbons (Fsp3) is 0.286. The molecule has 2 aromatic rings. The molecular formula is C21H20O2. The van der Waals surface area contributed by atoms with Crippen molar-refractivity contribution in [3.63, 3.8) is 0 Å². The van der Waals surface area contributed by atoms with Gasteiger partial charge >= 0.3 is 0 Å². The van der Waals surface area contributed by atoms with E-state index in [2.05, 4.69) is 12.2 Å². The molecule has 2 aliphatic rings. The third-order valence-corrected chi connectivity index (χ3v) is 5.03. The van der Waals surface area contributed by atoms with E-state index in [4.69, 9.17) is 4.74 Å². The van der Waals surface area contributed by atoms with Gasteiger partial charge in [0.05, 0.1) is 6.61 Å². The number of carbonyl (C=O) groups is 1. The fourth-order valence-corrected chi connectivity index (χ4v) is 3.75. The van der Waals surface area contributed by atoms with E-state index in [9.17, 15) is 4.79 Å². The Kier molecular flexibility index (Phi) is 3.74. The maximum Gasteiger partial charge on any atom is 0.193 e. The Morgan fingerprint density at radius 2 is 1.65 bits per heavy atom. The summed E-state index contributed by atoms with van der Waals surface area (Å²) in [6.07, 6.45) is 7.26. The van der Waals surface area contributed by atoms with Crippen molar-refractivity contribution in [2.75, 3.05) is 6.61 Å². The van der Waals surface area contributed by atoms with Gasteiger partial charge in [-0.25, -0.2) is 0 Å². The predicted molar refractivity (Wildman–Crippen MR) is 90.7 cm³/mol. The number of ether oxygens (including phenoxy) is 1. The lowest BCUT2D eigenvalue weighted by Gasteiger charge is -2.18. The van der Waals surface area contributed by atoms with Gasteiger partial charge in [-0.2, -0.15) is 0 Å². The molecule has 0 spiro atoms. The number of ketones is 1. The van der Waals surface area contributed by atoms with E-state index in [-0.39, 0.29) is 5.78 Å².